The van der Waals surface area contributed by atoms with Crippen LogP contribution in [-0.4, -0.2) is 39.4 Å². The third-order valence-electron chi connectivity index (χ3n) is 5.03. The van der Waals surface area contributed by atoms with Crippen LogP contribution in [-0.2, 0) is 16.6 Å². The maximum atomic E-state index is 11.3. The first-order chi connectivity index (χ1) is 12.3. The first kappa shape index (κ1) is 20.7. The predicted molar refractivity (Wildman–Crippen MR) is 106 cm³/mol. The van der Waals surface area contributed by atoms with Gasteiger partial charge < -0.3 is 10.2 Å². The Hall–Kier alpha value is -1.60. The molecule has 1 aliphatic carbocycles. The molecule has 7 heteroatoms. The predicted octanol–water partition coefficient (Wildman–Crippen LogP) is 2.56. The van der Waals surface area contributed by atoms with Crippen LogP contribution < -0.4 is 10.5 Å². The van der Waals surface area contributed by atoms with Crippen LogP contribution >= 0.6 is 0 Å². The number of nitrogens with two attached hydrogens (primary N) is 1. The third-order valence-corrected chi connectivity index (χ3v) is 5.96. The minimum absolute atomic E-state index is 0.126. The van der Waals surface area contributed by atoms with Crippen LogP contribution in [0.3, 0.4) is 0 Å². The zero-order valence-electron chi connectivity index (χ0n) is 16.1. The zero-order chi connectivity index (χ0) is 19.2. The van der Waals surface area contributed by atoms with Gasteiger partial charge in [-0.1, -0.05) is 31.9 Å². The monoisotopic (exact) mass is 380 g/mol. The highest BCUT2D eigenvalue weighted by Gasteiger charge is 2.20. The molecule has 26 heavy (non-hydrogen) atoms. The van der Waals surface area contributed by atoms with Crippen LogP contribution in [0.2, 0.25) is 0 Å². The smallest absolute Gasteiger partial charge is 0.238 e. The summed E-state index contributed by atoms with van der Waals surface area (Å²) in [6.45, 7) is 6.73. The molecule has 1 fully saturated rings. The maximum Gasteiger partial charge on any atom is 0.238 e. The van der Waals surface area contributed by atoms with E-state index in [0.717, 1.165) is 36.4 Å². The molecule has 0 saturated heterocycles. The van der Waals surface area contributed by atoms with Gasteiger partial charge in [0.1, 0.15) is 0 Å². The van der Waals surface area contributed by atoms with Gasteiger partial charge in [0.15, 0.2) is 5.96 Å². The van der Waals surface area contributed by atoms with E-state index in [1.165, 1.54) is 37.8 Å². The largest absolute Gasteiger partial charge is 0.357 e. The summed E-state index contributed by atoms with van der Waals surface area (Å²) in [6.07, 6.45) is 5.23. The average Bonchev–Trinajstić information content (AvgIpc) is 2.60. The molecule has 0 atom stereocenters. The van der Waals surface area contributed by atoms with Crippen molar-refractivity contribution < 1.29 is 8.42 Å². The van der Waals surface area contributed by atoms with Gasteiger partial charge in [-0.05, 0) is 49.3 Å². The summed E-state index contributed by atoms with van der Waals surface area (Å²) < 4.78 is 22.7. The van der Waals surface area contributed by atoms with Gasteiger partial charge in [-0.3, -0.25) is 0 Å². The minimum atomic E-state index is -3.65. The molecule has 0 spiro atoms. The number of rotatable bonds is 6. The number of nitrogens with one attached hydrogen (secondary N) is 1. The van der Waals surface area contributed by atoms with E-state index in [4.69, 9.17) is 10.1 Å². The molecule has 0 bridgehead atoms. The van der Waals surface area contributed by atoms with E-state index in [-0.39, 0.29) is 4.90 Å². The molecule has 1 saturated carbocycles. The minimum Gasteiger partial charge on any atom is -0.357 e. The van der Waals surface area contributed by atoms with Crippen molar-refractivity contribution in [1.82, 2.24) is 10.2 Å². The Morgan fingerprint density at radius 3 is 2.38 bits per heavy atom. The maximum absolute atomic E-state index is 11.3. The lowest BCUT2D eigenvalue weighted by molar-refractivity contribution is 0.250. The van der Waals surface area contributed by atoms with E-state index < -0.39 is 10.0 Å². The zero-order valence-corrected chi connectivity index (χ0v) is 16.9. The lowest BCUT2D eigenvalue weighted by Crippen LogP contribution is -2.41. The van der Waals surface area contributed by atoms with Crippen LogP contribution in [0.4, 0.5) is 0 Å². The highest BCUT2D eigenvalue weighted by molar-refractivity contribution is 7.89. The fourth-order valence-corrected chi connectivity index (χ4v) is 3.92. The summed E-state index contributed by atoms with van der Waals surface area (Å²) in [5.41, 5.74) is 0.952. The molecule has 1 aromatic rings. The van der Waals surface area contributed by atoms with E-state index in [1.54, 1.807) is 12.1 Å². The molecule has 0 amide bonds. The summed E-state index contributed by atoms with van der Waals surface area (Å²) in [4.78, 5) is 7.04. The average molecular weight is 381 g/mol. The SMILES string of the molecule is CCNC(=NCc1ccc(S(N)(=O)=O)cc1)N(C)CC1CCC(C)CC1. The van der Waals surface area contributed by atoms with Crippen molar-refractivity contribution in [3.63, 3.8) is 0 Å². The van der Waals surface area contributed by atoms with Crippen LogP contribution in [0.25, 0.3) is 0 Å². The Bertz CT molecular complexity index is 693. The molecule has 1 aliphatic rings. The Kier molecular flexibility index (Phi) is 7.46. The molecule has 0 heterocycles. The van der Waals surface area contributed by atoms with Crippen molar-refractivity contribution in [1.29, 1.82) is 0 Å². The number of guanidine groups is 1. The Labute approximate surface area is 157 Å². The fourth-order valence-electron chi connectivity index (χ4n) is 3.41. The molecule has 0 aromatic heterocycles. The van der Waals surface area contributed by atoms with Crippen molar-refractivity contribution in [2.24, 2.45) is 22.0 Å². The molecule has 0 unspecified atom stereocenters. The molecule has 6 nitrogen and oxygen atoms in total. The number of aliphatic imine (C=N–C) groups is 1. The second-order valence-electron chi connectivity index (χ2n) is 7.37. The van der Waals surface area contributed by atoms with Gasteiger partial charge in [-0.25, -0.2) is 18.5 Å². The first-order valence-corrected chi connectivity index (χ1v) is 11.0. The first-order valence-electron chi connectivity index (χ1n) is 9.40. The van der Waals surface area contributed by atoms with E-state index in [0.29, 0.717) is 6.54 Å². The molecule has 0 aliphatic heterocycles. The van der Waals surface area contributed by atoms with Gasteiger partial charge in [0.05, 0.1) is 11.4 Å². The van der Waals surface area contributed by atoms with Gasteiger partial charge in [0, 0.05) is 20.1 Å². The highest BCUT2D eigenvalue weighted by atomic mass is 32.2. The quantitative estimate of drug-likeness (QED) is 0.586. The topological polar surface area (TPSA) is 87.8 Å². The molecule has 2 rings (SSSR count). The number of hydrogen-bond donors (Lipinski definition) is 2. The van der Waals surface area contributed by atoms with Crippen molar-refractivity contribution in [2.45, 2.75) is 51.0 Å². The summed E-state index contributed by atoms with van der Waals surface area (Å²) in [5, 5.41) is 8.48. The second-order valence-corrected chi connectivity index (χ2v) is 8.93. The summed E-state index contributed by atoms with van der Waals surface area (Å²) in [5.74, 6) is 2.48. The molecular weight excluding hydrogens is 348 g/mol. The molecule has 3 N–H and O–H groups in total. The van der Waals surface area contributed by atoms with E-state index in [2.05, 4.69) is 31.1 Å². The normalized spacial score (nSPS) is 21.5. The molecular formula is C19H32N4O2S. The Morgan fingerprint density at radius 2 is 1.85 bits per heavy atom. The van der Waals surface area contributed by atoms with Gasteiger partial charge in [0.2, 0.25) is 10.0 Å². The second kappa shape index (κ2) is 9.37. The summed E-state index contributed by atoms with van der Waals surface area (Å²) in [7, 11) is -1.56. The molecule has 1 aromatic carbocycles. The number of hydrogen-bond acceptors (Lipinski definition) is 3. The van der Waals surface area contributed by atoms with Crippen molar-refractivity contribution >= 4 is 16.0 Å². The standard InChI is InChI=1S/C19H32N4O2S/c1-4-21-19(23(3)14-17-7-5-15(2)6-8-17)22-13-16-9-11-18(12-10-16)26(20,24)25/h9-12,15,17H,4-8,13-14H2,1-3H3,(H,21,22)(H2,20,24,25). The number of benzene rings is 1. The number of nitrogens with zero attached hydrogens (tertiary/aromatic N) is 2. The van der Waals surface area contributed by atoms with Crippen molar-refractivity contribution in [3.8, 4) is 0 Å². The third kappa shape index (κ3) is 6.29. The lowest BCUT2D eigenvalue weighted by Gasteiger charge is -2.31. The van der Waals surface area contributed by atoms with Gasteiger partial charge >= 0.3 is 0 Å². The number of primary sulfonamides is 1. The van der Waals surface area contributed by atoms with E-state index in [9.17, 15) is 8.42 Å². The van der Waals surface area contributed by atoms with Gasteiger partial charge in [-0.15, -0.1) is 0 Å². The molecule has 0 radical (unpaired) electrons. The van der Waals surface area contributed by atoms with E-state index >= 15 is 0 Å². The molecule has 146 valence electrons. The fraction of sp³-hybridized carbons (Fsp3) is 0.632. The Balaban J connectivity index is 1.98. The highest BCUT2D eigenvalue weighted by Crippen LogP contribution is 2.28. The van der Waals surface area contributed by atoms with Crippen LogP contribution in [0.1, 0.15) is 45.1 Å². The number of sulfonamides is 1. The summed E-state index contributed by atoms with van der Waals surface area (Å²) >= 11 is 0. The van der Waals surface area contributed by atoms with Crippen LogP contribution in [0.15, 0.2) is 34.2 Å². The van der Waals surface area contributed by atoms with Gasteiger partial charge in [0.25, 0.3) is 0 Å². The lowest BCUT2D eigenvalue weighted by atomic mass is 9.83. The van der Waals surface area contributed by atoms with E-state index in [1.807, 2.05) is 0 Å². The summed E-state index contributed by atoms with van der Waals surface area (Å²) in [6, 6.07) is 6.57. The van der Waals surface area contributed by atoms with Crippen molar-refractivity contribution in [3.05, 3.63) is 29.8 Å². The van der Waals surface area contributed by atoms with Crippen LogP contribution in [0, 0.1) is 11.8 Å². The van der Waals surface area contributed by atoms with Crippen LogP contribution in [0.5, 0.6) is 0 Å². The van der Waals surface area contributed by atoms with Crippen molar-refractivity contribution in [2.75, 3.05) is 20.1 Å². The Morgan fingerprint density at radius 1 is 1.23 bits per heavy atom. The van der Waals surface area contributed by atoms with Gasteiger partial charge in [-0.2, -0.15) is 0 Å².